The van der Waals surface area contributed by atoms with Gasteiger partial charge in [0.25, 0.3) is 0 Å². The van der Waals surface area contributed by atoms with Gasteiger partial charge in [-0.15, -0.1) is 12.4 Å². The molecule has 2 amide bonds. The highest BCUT2D eigenvalue weighted by Crippen LogP contribution is 2.18. The standard InChI is InChI=1S/C15H23N5O2.ClH/c21-14(6-5-11-2-1-7-16-11)19-13-8-17-20(9-13)10-15(22)18-12-3-4-12;/h8-9,11-12,16H,1-7,10H2,(H,18,22)(H,19,21);1H. The molecule has 1 aliphatic carbocycles. The Hall–Kier alpha value is -1.60. The first-order chi connectivity index (χ1) is 10.7. The maximum absolute atomic E-state index is 11.9. The smallest absolute Gasteiger partial charge is 0.241 e. The third kappa shape index (κ3) is 5.84. The number of rotatable bonds is 7. The highest BCUT2D eigenvalue weighted by molar-refractivity contribution is 5.90. The molecule has 3 rings (SSSR count). The van der Waals surface area contributed by atoms with Crippen LogP contribution in [0.15, 0.2) is 12.4 Å². The maximum atomic E-state index is 11.9. The van der Waals surface area contributed by atoms with Crippen LogP contribution < -0.4 is 16.0 Å². The molecule has 0 radical (unpaired) electrons. The van der Waals surface area contributed by atoms with E-state index in [1.165, 1.54) is 6.42 Å². The van der Waals surface area contributed by atoms with Gasteiger partial charge in [0.15, 0.2) is 0 Å². The third-order valence-corrected chi connectivity index (χ3v) is 4.05. The molecule has 3 N–H and O–H groups in total. The highest BCUT2D eigenvalue weighted by atomic mass is 35.5. The van der Waals surface area contributed by atoms with E-state index in [1.807, 2.05) is 0 Å². The molecule has 7 nitrogen and oxygen atoms in total. The van der Waals surface area contributed by atoms with Crippen molar-refractivity contribution in [3.8, 4) is 0 Å². The Morgan fingerprint density at radius 2 is 2.13 bits per heavy atom. The zero-order chi connectivity index (χ0) is 15.4. The van der Waals surface area contributed by atoms with Crippen LogP contribution in [0.1, 0.15) is 38.5 Å². The van der Waals surface area contributed by atoms with Crippen molar-refractivity contribution in [2.75, 3.05) is 11.9 Å². The van der Waals surface area contributed by atoms with Gasteiger partial charge in [0.2, 0.25) is 11.8 Å². The fraction of sp³-hybridized carbons (Fsp3) is 0.667. The monoisotopic (exact) mass is 341 g/mol. The van der Waals surface area contributed by atoms with Crippen LogP contribution in [0.5, 0.6) is 0 Å². The lowest BCUT2D eigenvalue weighted by molar-refractivity contribution is -0.122. The number of carbonyl (C=O) groups is 2. The quantitative estimate of drug-likeness (QED) is 0.692. The van der Waals surface area contributed by atoms with E-state index in [-0.39, 0.29) is 30.8 Å². The molecule has 0 spiro atoms. The molecule has 0 bridgehead atoms. The lowest BCUT2D eigenvalue weighted by Gasteiger charge is -2.09. The second kappa shape index (κ2) is 8.31. The van der Waals surface area contributed by atoms with Gasteiger partial charge in [-0.05, 0) is 38.6 Å². The molecule has 2 aliphatic rings. The molecule has 1 saturated carbocycles. The van der Waals surface area contributed by atoms with Crippen molar-refractivity contribution in [3.63, 3.8) is 0 Å². The minimum absolute atomic E-state index is 0. The summed E-state index contributed by atoms with van der Waals surface area (Å²) in [6, 6.07) is 0.825. The fourth-order valence-electron chi connectivity index (χ4n) is 2.69. The number of carbonyl (C=O) groups excluding carboxylic acids is 2. The Kier molecular flexibility index (Phi) is 6.41. The number of amides is 2. The van der Waals surface area contributed by atoms with Gasteiger partial charge in [-0.1, -0.05) is 0 Å². The Morgan fingerprint density at radius 3 is 2.83 bits per heavy atom. The predicted molar refractivity (Wildman–Crippen MR) is 89.5 cm³/mol. The van der Waals surface area contributed by atoms with Gasteiger partial charge in [0, 0.05) is 24.7 Å². The number of hydrogen-bond acceptors (Lipinski definition) is 4. The summed E-state index contributed by atoms with van der Waals surface area (Å²) in [6.07, 6.45) is 9.14. The molecule has 23 heavy (non-hydrogen) atoms. The molecule has 2 fully saturated rings. The summed E-state index contributed by atoms with van der Waals surface area (Å²) >= 11 is 0. The van der Waals surface area contributed by atoms with Gasteiger partial charge in [-0.25, -0.2) is 0 Å². The van der Waals surface area contributed by atoms with Crippen molar-refractivity contribution in [1.82, 2.24) is 20.4 Å². The molecule has 2 heterocycles. The topological polar surface area (TPSA) is 88.1 Å². The molecule has 1 aliphatic heterocycles. The zero-order valence-corrected chi connectivity index (χ0v) is 13.9. The first-order valence-electron chi connectivity index (χ1n) is 8.04. The molecule has 1 unspecified atom stereocenters. The van der Waals surface area contributed by atoms with E-state index < -0.39 is 0 Å². The van der Waals surface area contributed by atoms with E-state index in [9.17, 15) is 9.59 Å². The maximum Gasteiger partial charge on any atom is 0.241 e. The molecular weight excluding hydrogens is 318 g/mol. The van der Waals surface area contributed by atoms with E-state index in [1.54, 1.807) is 17.1 Å². The molecular formula is C15H24ClN5O2. The Balaban J connectivity index is 0.00000192. The minimum Gasteiger partial charge on any atom is -0.352 e. The molecule has 1 aromatic heterocycles. The van der Waals surface area contributed by atoms with Crippen LogP contribution in [-0.2, 0) is 16.1 Å². The molecule has 128 valence electrons. The van der Waals surface area contributed by atoms with Crippen LogP contribution in [-0.4, -0.2) is 40.2 Å². The highest BCUT2D eigenvalue weighted by Gasteiger charge is 2.23. The zero-order valence-electron chi connectivity index (χ0n) is 13.1. The normalized spacial score (nSPS) is 19.9. The number of nitrogens with zero attached hydrogens (tertiary/aromatic N) is 2. The lowest BCUT2D eigenvalue weighted by atomic mass is 10.1. The van der Waals surface area contributed by atoms with E-state index >= 15 is 0 Å². The van der Waals surface area contributed by atoms with Gasteiger partial charge in [-0.2, -0.15) is 5.10 Å². The predicted octanol–water partition coefficient (Wildman–Crippen LogP) is 1.05. The first-order valence-corrected chi connectivity index (χ1v) is 8.04. The molecule has 1 aromatic rings. The average Bonchev–Trinajstić information content (AvgIpc) is 2.98. The summed E-state index contributed by atoms with van der Waals surface area (Å²) in [7, 11) is 0. The number of hydrogen-bond donors (Lipinski definition) is 3. The average molecular weight is 342 g/mol. The summed E-state index contributed by atoms with van der Waals surface area (Å²) in [5.41, 5.74) is 0.642. The number of anilines is 1. The van der Waals surface area contributed by atoms with Crippen LogP contribution >= 0.6 is 12.4 Å². The summed E-state index contributed by atoms with van der Waals surface area (Å²) in [5, 5.41) is 13.2. The van der Waals surface area contributed by atoms with Gasteiger partial charge in [0.1, 0.15) is 6.54 Å². The van der Waals surface area contributed by atoms with Crippen molar-refractivity contribution in [2.24, 2.45) is 0 Å². The van der Waals surface area contributed by atoms with Gasteiger partial charge in [-0.3, -0.25) is 14.3 Å². The van der Waals surface area contributed by atoms with E-state index in [0.717, 1.165) is 32.2 Å². The number of nitrogens with one attached hydrogen (secondary N) is 3. The Morgan fingerprint density at radius 1 is 1.30 bits per heavy atom. The van der Waals surface area contributed by atoms with Gasteiger partial charge in [0.05, 0.1) is 11.9 Å². The molecule has 1 saturated heterocycles. The summed E-state index contributed by atoms with van der Waals surface area (Å²) in [4.78, 5) is 23.6. The van der Waals surface area contributed by atoms with Crippen molar-refractivity contribution in [1.29, 1.82) is 0 Å². The number of aromatic nitrogens is 2. The molecule has 1 atom stereocenters. The van der Waals surface area contributed by atoms with Crippen molar-refractivity contribution in [2.45, 2.75) is 57.2 Å². The van der Waals surface area contributed by atoms with Crippen molar-refractivity contribution >= 4 is 29.9 Å². The molecule has 8 heteroatoms. The summed E-state index contributed by atoms with van der Waals surface area (Å²) in [5.74, 6) is -0.0357. The second-order valence-corrected chi connectivity index (χ2v) is 6.15. The lowest BCUT2D eigenvalue weighted by Crippen LogP contribution is -2.29. The van der Waals surface area contributed by atoms with Gasteiger partial charge < -0.3 is 16.0 Å². The molecule has 0 aromatic carbocycles. The fourth-order valence-corrected chi connectivity index (χ4v) is 2.69. The van der Waals surface area contributed by atoms with Crippen LogP contribution in [0.3, 0.4) is 0 Å². The number of halogens is 1. The van der Waals surface area contributed by atoms with Gasteiger partial charge >= 0.3 is 0 Å². The summed E-state index contributed by atoms with van der Waals surface area (Å²) in [6.45, 7) is 1.25. The van der Waals surface area contributed by atoms with E-state index in [2.05, 4.69) is 21.0 Å². The van der Waals surface area contributed by atoms with Crippen LogP contribution in [0.4, 0.5) is 5.69 Å². The van der Waals surface area contributed by atoms with Crippen LogP contribution in [0.25, 0.3) is 0 Å². The first kappa shape index (κ1) is 17.7. The van der Waals surface area contributed by atoms with Crippen LogP contribution in [0.2, 0.25) is 0 Å². The van der Waals surface area contributed by atoms with E-state index in [0.29, 0.717) is 24.2 Å². The minimum atomic E-state index is -0.0317. The second-order valence-electron chi connectivity index (χ2n) is 6.15. The van der Waals surface area contributed by atoms with E-state index in [4.69, 9.17) is 0 Å². The van der Waals surface area contributed by atoms with Crippen molar-refractivity contribution < 1.29 is 9.59 Å². The largest absolute Gasteiger partial charge is 0.352 e. The van der Waals surface area contributed by atoms with Crippen LogP contribution in [0, 0.1) is 0 Å². The third-order valence-electron chi connectivity index (χ3n) is 4.05. The SMILES string of the molecule is Cl.O=C(CCC1CCCN1)Nc1cnn(CC(=O)NC2CC2)c1. The van der Waals surface area contributed by atoms with Crippen molar-refractivity contribution in [3.05, 3.63) is 12.4 Å². The Bertz CT molecular complexity index is 538. The Labute approximate surface area is 142 Å². The summed E-state index contributed by atoms with van der Waals surface area (Å²) < 4.78 is 1.55.